The Hall–Kier alpha value is -4.42. The molecule has 38 heavy (non-hydrogen) atoms. The lowest BCUT2D eigenvalue weighted by molar-refractivity contribution is -0.633. The van der Waals surface area contributed by atoms with Gasteiger partial charge in [-0.1, -0.05) is 79.6 Å². The molecule has 184 valence electrons. The largest absolute Gasteiger partial charge is 0.456 e. The summed E-state index contributed by atoms with van der Waals surface area (Å²) in [5.41, 5.74) is 10.4. The molecule has 1 saturated carbocycles. The van der Waals surface area contributed by atoms with E-state index in [4.69, 9.17) is 11.0 Å². The maximum absolute atomic E-state index is 7.84. The van der Waals surface area contributed by atoms with Crippen LogP contribution < -0.4 is 4.57 Å². The molecule has 0 spiro atoms. The third kappa shape index (κ3) is 3.37. The van der Waals surface area contributed by atoms with Crippen molar-refractivity contribution in [2.75, 3.05) is 0 Å². The van der Waals surface area contributed by atoms with Crippen LogP contribution in [0.2, 0.25) is 0 Å². The number of benzene rings is 4. The summed E-state index contributed by atoms with van der Waals surface area (Å²) >= 11 is 0. The first-order valence-electron chi connectivity index (χ1n) is 13.5. The molecule has 2 heterocycles. The summed E-state index contributed by atoms with van der Waals surface area (Å²) in [6, 6.07) is 29.7. The zero-order chi connectivity index (χ0) is 25.8. The molecule has 1 aliphatic carbocycles. The summed E-state index contributed by atoms with van der Waals surface area (Å²) in [7, 11) is 2.17. The van der Waals surface area contributed by atoms with Gasteiger partial charge in [0.25, 0.3) is 0 Å². The van der Waals surface area contributed by atoms with E-state index in [0.29, 0.717) is 11.6 Å². The molecule has 7 rings (SSSR count). The average molecular weight is 494 g/mol. The lowest BCUT2D eigenvalue weighted by Gasteiger charge is -2.15. The second-order valence-corrected chi connectivity index (χ2v) is 10.6. The van der Waals surface area contributed by atoms with Gasteiger partial charge in [0.2, 0.25) is 11.2 Å². The van der Waals surface area contributed by atoms with Crippen LogP contribution in [-0.4, -0.2) is 0 Å². The van der Waals surface area contributed by atoms with Gasteiger partial charge in [0.15, 0.2) is 5.69 Å². The van der Waals surface area contributed by atoms with E-state index in [1.807, 2.05) is 30.3 Å². The lowest BCUT2D eigenvalue weighted by Crippen LogP contribution is -2.33. The molecular weight excluding hydrogens is 464 g/mol. The number of para-hydroxylation sites is 1. The van der Waals surface area contributed by atoms with E-state index >= 15 is 0 Å². The monoisotopic (exact) mass is 493 g/mol. The molecule has 1 fully saturated rings. The van der Waals surface area contributed by atoms with Crippen molar-refractivity contribution < 1.29 is 8.98 Å². The van der Waals surface area contributed by atoms with Crippen LogP contribution in [0, 0.1) is 13.5 Å². The number of aryl methyl sites for hydroxylation is 2. The number of hydrogen-bond donors (Lipinski definition) is 0. The summed E-state index contributed by atoms with van der Waals surface area (Å²) in [6.07, 6.45) is 5.12. The Bertz CT molecular complexity index is 1900. The van der Waals surface area contributed by atoms with E-state index in [1.165, 1.54) is 53.4 Å². The van der Waals surface area contributed by atoms with Gasteiger partial charge in [-0.05, 0) is 48.4 Å². The predicted molar refractivity (Wildman–Crippen MR) is 155 cm³/mol. The molecule has 6 aromatic rings. The summed E-state index contributed by atoms with van der Waals surface area (Å²) in [5.74, 6) is 0.598. The highest BCUT2D eigenvalue weighted by atomic mass is 16.3. The van der Waals surface area contributed by atoms with E-state index in [-0.39, 0.29) is 0 Å². The van der Waals surface area contributed by atoms with Crippen molar-refractivity contribution in [3.8, 4) is 22.4 Å². The fourth-order valence-electron chi connectivity index (χ4n) is 6.56. The number of fused-ring (bicyclic) bond motifs is 4. The van der Waals surface area contributed by atoms with Gasteiger partial charge in [-0.25, -0.2) is 4.85 Å². The number of pyridine rings is 1. The molecular formula is C35H29N2O+. The molecule has 3 nitrogen and oxygen atoms in total. The molecule has 3 heteroatoms. The van der Waals surface area contributed by atoms with Gasteiger partial charge in [-0.2, -0.15) is 4.57 Å². The first-order valence-corrected chi connectivity index (χ1v) is 13.5. The molecule has 2 aromatic heterocycles. The highest BCUT2D eigenvalue weighted by Crippen LogP contribution is 2.45. The van der Waals surface area contributed by atoms with Crippen molar-refractivity contribution in [3.05, 3.63) is 107 Å². The van der Waals surface area contributed by atoms with Crippen molar-refractivity contribution in [2.24, 2.45) is 7.05 Å². The summed E-state index contributed by atoms with van der Waals surface area (Å²) in [6.45, 7) is 10.0. The van der Waals surface area contributed by atoms with E-state index in [9.17, 15) is 0 Å². The minimum absolute atomic E-state index is 0.598. The van der Waals surface area contributed by atoms with Crippen LogP contribution in [0.15, 0.2) is 89.3 Å². The normalized spacial score (nSPS) is 14.0. The molecule has 0 aliphatic heterocycles. The van der Waals surface area contributed by atoms with Crippen LogP contribution in [0.5, 0.6) is 0 Å². The quantitative estimate of drug-likeness (QED) is 0.178. The van der Waals surface area contributed by atoms with Crippen LogP contribution >= 0.6 is 0 Å². The van der Waals surface area contributed by atoms with Gasteiger partial charge < -0.3 is 4.42 Å². The smallest absolute Gasteiger partial charge is 0.217 e. The summed E-state index contributed by atoms with van der Waals surface area (Å²) in [4.78, 5) is 3.86. The Kier molecular flexibility index (Phi) is 5.30. The molecule has 1 aliphatic rings. The molecule has 0 N–H and O–H groups in total. The first kappa shape index (κ1) is 22.8. The van der Waals surface area contributed by atoms with Gasteiger partial charge in [0, 0.05) is 33.9 Å². The fourth-order valence-corrected chi connectivity index (χ4v) is 6.56. The number of aromatic nitrogens is 1. The van der Waals surface area contributed by atoms with Crippen molar-refractivity contribution in [2.45, 2.75) is 38.5 Å². The van der Waals surface area contributed by atoms with Gasteiger partial charge in [-0.3, -0.25) is 0 Å². The van der Waals surface area contributed by atoms with Gasteiger partial charge in [0.05, 0.1) is 12.1 Å². The molecule has 0 amide bonds. The molecule has 0 atom stereocenters. The second kappa shape index (κ2) is 8.85. The van der Waals surface area contributed by atoms with Crippen LogP contribution in [0.3, 0.4) is 0 Å². The average Bonchev–Trinajstić information content (AvgIpc) is 3.62. The number of furan rings is 1. The molecule has 0 saturated heterocycles. The summed E-state index contributed by atoms with van der Waals surface area (Å²) < 4.78 is 9.15. The molecule has 4 aromatic carbocycles. The molecule has 0 unspecified atom stereocenters. The Balaban J connectivity index is 1.57. The SMILES string of the molecule is [C-]#[N+]c1ccc2c(oc3c(-c4cc(C5CCCC5)c5ccccc5[n+]4C)c(C)ccc32)c1-c1ccccc1. The van der Waals surface area contributed by atoms with Crippen LogP contribution in [0.25, 0.3) is 60.1 Å². The van der Waals surface area contributed by atoms with Crippen LogP contribution in [-0.2, 0) is 7.05 Å². The van der Waals surface area contributed by atoms with Crippen molar-refractivity contribution >= 4 is 38.5 Å². The highest BCUT2D eigenvalue weighted by Gasteiger charge is 2.28. The van der Waals surface area contributed by atoms with Crippen LogP contribution in [0.4, 0.5) is 5.69 Å². The number of nitrogens with zero attached hydrogens (tertiary/aromatic N) is 2. The third-order valence-corrected chi connectivity index (χ3v) is 8.46. The van der Waals surface area contributed by atoms with E-state index in [0.717, 1.165) is 38.6 Å². The van der Waals surface area contributed by atoms with Gasteiger partial charge in [0.1, 0.15) is 18.2 Å². The number of hydrogen-bond acceptors (Lipinski definition) is 1. The minimum atomic E-state index is 0.598. The van der Waals surface area contributed by atoms with E-state index < -0.39 is 0 Å². The standard InChI is InChI=1S/C35H29N2O/c1-22-17-18-26-27-19-20-29(36-2)33(24-13-5-4-6-14-24)35(27)38-34(26)32(22)31-21-28(23-11-7-8-12-23)25-15-9-10-16-30(25)37(31)3/h4-6,9-10,13-21,23H,7-8,11-12H2,1,3H3/q+1. The number of rotatable bonds is 3. The molecule has 0 radical (unpaired) electrons. The van der Waals surface area contributed by atoms with E-state index in [1.54, 1.807) is 0 Å². The maximum atomic E-state index is 7.84. The first-order chi connectivity index (χ1) is 18.7. The minimum Gasteiger partial charge on any atom is -0.456 e. The zero-order valence-corrected chi connectivity index (χ0v) is 21.8. The lowest BCUT2D eigenvalue weighted by atomic mass is 9.91. The van der Waals surface area contributed by atoms with Crippen molar-refractivity contribution in [1.29, 1.82) is 0 Å². The third-order valence-electron chi connectivity index (χ3n) is 8.46. The maximum Gasteiger partial charge on any atom is 0.217 e. The van der Waals surface area contributed by atoms with Gasteiger partial charge >= 0.3 is 0 Å². The Morgan fingerprint density at radius 3 is 2.24 bits per heavy atom. The van der Waals surface area contributed by atoms with Crippen molar-refractivity contribution in [1.82, 2.24) is 0 Å². The van der Waals surface area contributed by atoms with Crippen molar-refractivity contribution in [3.63, 3.8) is 0 Å². The summed E-state index contributed by atoms with van der Waals surface area (Å²) in [5, 5.41) is 3.49. The van der Waals surface area contributed by atoms with Gasteiger partial charge in [-0.15, -0.1) is 0 Å². The Morgan fingerprint density at radius 1 is 0.789 bits per heavy atom. The fraction of sp³-hybridized carbons (Fsp3) is 0.200. The van der Waals surface area contributed by atoms with E-state index in [2.05, 4.69) is 78.0 Å². The topological polar surface area (TPSA) is 21.4 Å². The second-order valence-electron chi connectivity index (χ2n) is 10.6. The Morgan fingerprint density at radius 2 is 1.47 bits per heavy atom. The Labute approximate surface area is 222 Å². The van der Waals surface area contributed by atoms with Crippen LogP contribution in [0.1, 0.15) is 42.7 Å². The zero-order valence-electron chi connectivity index (χ0n) is 21.8. The highest BCUT2D eigenvalue weighted by molar-refractivity contribution is 6.15. The predicted octanol–water partition coefficient (Wildman–Crippen LogP) is 9.41. The molecule has 0 bridgehead atoms.